The van der Waals surface area contributed by atoms with Crippen LogP contribution in [0.25, 0.3) is 0 Å². The van der Waals surface area contributed by atoms with Crippen LogP contribution in [-0.4, -0.2) is 10.9 Å². The summed E-state index contributed by atoms with van der Waals surface area (Å²) in [5.74, 6) is -0.578. The number of primary amides is 1. The van der Waals surface area contributed by atoms with Crippen LogP contribution < -0.4 is 11.1 Å². The molecule has 1 heterocycles. The zero-order valence-electron chi connectivity index (χ0n) is 10.2. The Morgan fingerprint density at radius 3 is 2.60 bits per heavy atom. The quantitative estimate of drug-likeness (QED) is 0.839. The molecule has 3 N–H and O–H groups in total. The minimum atomic E-state index is -0.578. The molecule has 0 unspecified atom stereocenters. The summed E-state index contributed by atoms with van der Waals surface area (Å²) in [7, 11) is 0. The van der Waals surface area contributed by atoms with Crippen molar-refractivity contribution in [1.29, 1.82) is 0 Å². The molecular weight excluding hydrogens is 321 g/mol. The van der Waals surface area contributed by atoms with E-state index >= 15 is 0 Å². The Balaban J connectivity index is 2.20. The molecule has 0 atom stereocenters. The molecule has 0 saturated carbocycles. The lowest BCUT2D eigenvalue weighted by molar-refractivity contribution is 0.100. The highest BCUT2D eigenvalue weighted by Crippen LogP contribution is 2.24. The van der Waals surface area contributed by atoms with Crippen molar-refractivity contribution in [2.24, 2.45) is 5.73 Å². The number of anilines is 1. The van der Waals surface area contributed by atoms with Gasteiger partial charge in [0.15, 0.2) is 0 Å². The van der Waals surface area contributed by atoms with E-state index in [-0.39, 0.29) is 10.7 Å². The number of nitrogens with two attached hydrogens (primary N) is 1. The Kier molecular flexibility index (Phi) is 4.70. The van der Waals surface area contributed by atoms with Gasteiger partial charge in [0.05, 0.1) is 21.3 Å². The normalized spacial score (nSPS) is 10.3. The zero-order chi connectivity index (χ0) is 14.7. The minimum absolute atomic E-state index is 0.270. The number of halogens is 3. The summed E-state index contributed by atoms with van der Waals surface area (Å²) >= 11 is 17.6. The molecule has 2 rings (SSSR count). The number of hydrogen-bond acceptors (Lipinski definition) is 3. The van der Waals surface area contributed by atoms with E-state index in [0.717, 1.165) is 5.56 Å². The number of carbonyl (C=O) groups is 1. The molecule has 0 aliphatic rings. The molecule has 1 aromatic carbocycles. The first-order valence-corrected chi connectivity index (χ1v) is 6.74. The Bertz CT molecular complexity index is 661. The van der Waals surface area contributed by atoms with Gasteiger partial charge in [-0.2, -0.15) is 0 Å². The van der Waals surface area contributed by atoms with Gasteiger partial charge >= 0.3 is 0 Å². The lowest BCUT2D eigenvalue weighted by Crippen LogP contribution is -2.15. The van der Waals surface area contributed by atoms with Gasteiger partial charge in [-0.15, -0.1) is 0 Å². The van der Waals surface area contributed by atoms with Crippen molar-refractivity contribution in [1.82, 2.24) is 4.98 Å². The fourth-order valence-electron chi connectivity index (χ4n) is 1.62. The molecule has 0 aliphatic carbocycles. The molecular formula is C13H10Cl3N3O. The molecule has 104 valence electrons. The molecule has 4 nitrogen and oxygen atoms in total. The summed E-state index contributed by atoms with van der Waals surface area (Å²) in [6.45, 7) is 0.442. The van der Waals surface area contributed by atoms with Crippen LogP contribution >= 0.6 is 34.8 Å². The SMILES string of the molecule is NC(=O)c1cnc(Cl)cc1NCc1ccc(Cl)c(Cl)c1. The van der Waals surface area contributed by atoms with Gasteiger partial charge < -0.3 is 11.1 Å². The van der Waals surface area contributed by atoms with E-state index < -0.39 is 5.91 Å². The van der Waals surface area contributed by atoms with Crippen molar-refractivity contribution >= 4 is 46.4 Å². The number of carbonyl (C=O) groups excluding carboxylic acids is 1. The monoisotopic (exact) mass is 329 g/mol. The molecule has 0 saturated heterocycles. The second-order valence-electron chi connectivity index (χ2n) is 4.02. The van der Waals surface area contributed by atoms with Crippen molar-refractivity contribution in [2.75, 3.05) is 5.32 Å². The van der Waals surface area contributed by atoms with Crippen LogP contribution in [0.2, 0.25) is 15.2 Å². The highest BCUT2D eigenvalue weighted by atomic mass is 35.5. The van der Waals surface area contributed by atoms with E-state index in [9.17, 15) is 4.79 Å². The van der Waals surface area contributed by atoms with Crippen molar-refractivity contribution in [3.8, 4) is 0 Å². The number of nitrogens with one attached hydrogen (secondary N) is 1. The van der Waals surface area contributed by atoms with Crippen LogP contribution in [0.1, 0.15) is 15.9 Å². The third-order valence-electron chi connectivity index (χ3n) is 2.60. The summed E-state index contributed by atoms with van der Waals surface area (Å²) in [4.78, 5) is 15.1. The molecule has 2 aromatic rings. The first-order chi connectivity index (χ1) is 9.47. The van der Waals surface area contributed by atoms with Gasteiger partial charge in [-0.25, -0.2) is 4.98 Å². The fraction of sp³-hybridized carbons (Fsp3) is 0.0769. The van der Waals surface area contributed by atoms with Crippen molar-refractivity contribution < 1.29 is 4.79 Å². The number of rotatable bonds is 4. The molecule has 0 bridgehead atoms. The first kappa shape index (κ1) is 14.9. The number of benzene rings is 1. The third-order valence-corrected chi connectivity index (χ3v) is 3.55. The number of nitrogens with zero attached hydrogens (tertiary/aromatic N) is 1. The maximum absolute atomic E-state index is 11.3. The summed E-state index contributed by atoms with van der Waals surface area (Å²) in [6.07, 6.45) is 1.34. The van der Waals surface area contributed by atoms with E-state index in [2.05, 4.69) is 10.3 Å². The summed E-state index contributed by atoms with van der Waals surface area (Å²) < 4.78 is 0. The topological polar surface area (TPSA) is 68.0 Å². The number of pyridine rings is 1. The van der Waals surface area contributed by atoms with Gasteiger partial charge in [0.2, 0.25) is 0 Å². The number of aromatic nitrogens is 1. The van der Waals surface area contributed by atoms with Crippen LogP contribution in [0.15, 0.2) is 30.5 Å². The Morgan fingerprint density at radius 1 is 1.20 bits per heavy atom. The van der Waals surface area contributed by atoms with Crippen molar-refractivity contribution in [3.05, 3.63) is 56.8 Å². The molecule has 0 spiro atoms. The lowest BCUT2D eigenvalue weighted by Gasteiger charge is -2.10. The van der Waals surface area contributed by atoms with Gasteiger partial charge in [-0.05, 0) is 23.8 Å². The average molecular weight is 331 g/mol. The molecule has 1 aromatic heterocycles. The van der Waals surface area contributed by atoms with E-state index in [0.29, 0.717) is 22.3 Å². The predicted octanol–water partition coefficient (Wildman–Crippen LogP) is 3.75. The highest BCUT2D eigenvalue weighted by Gasteiger charge is 2.09. The minimum Gasteiger partial charge on any atom is -0.380 e. The molecule has 20 heavy (non-hydrogen) atoms. The molecule has 0 fully saturated rings. The van der Waals surface area contributed by atoms with Gasteiger partial charge in [0.1, 0.15) is 5.15 Å². The fourth-order valence-corrected chi connectivity index (χ4v) is 2.10. The Labute approximate surface area is 130 Å². The van der Waals surface area contributed by atoms with Crippen LogP contribution in [0, 0.1) is 0 Å². The largest absolute Gasteiger partial charge is 0.380 e. The van der Waals surface area contributed by atoms with Crippen LogP contribution in [0.5, 0.6) is 0 Å². The summed E-state index contributed by atoms with van der Waals surface area (Å²) in [5.41, 5.74) is 6.97. The summed E-state index contributed by atoms with van der Waals surface area (Å²) in [5, 5.41) is 4.29. The molecule has 1 amide bonds. The standard InChI is InChI=1S/C13H10Cl3N3O/c14-9-2-1-7(3-10(9)15)5-18-11-4-12(16)19-6-8(11)13(17)20/h1-4,6H,5H2,(H2,17,20)(H,18,19). The highest BCUT2D eigenvalue weighted by molar-refractivity contribution is 6.42. The molecule has 7 heteroatoms. The van der Waals surface area contributed by atoms with Gasteiger partial charge in [-0.3, -0.25) is 4.79 Å². The first-order valence-electron chi connectivity index (χ1n) is 5.60. The molecule has 0 aliphatic heterocycles. The van der Waals surface area contributed by atoms with E-state index in [1.807, 2.05) is 6.07 Å². The second-order valence-corrected chi connectivity index (χ2v) is 5.22. The van der Waals surface area contributed by atoms with Crippen molar-refractivity contribution in [2.45, 2.75) is 6.54 Å². The lowest BCUT2D eigenvalue weighted by atomic mass is 10.2. The van der Waals surface area contributed by atoms with Crippen LogP contribution in [-0.2, 0) is 6.54 Å². The Morgan fingerprint density at radius 2 is 1.95 bits per heavy atom. The van der Waals surface area contributed by atoms with Gasteiger partial charge in [0.25, 0.3) is 5.91 Å². The van der Waals surface area contributed by atoms with Crippen LogP contribution in [0.3, 0.4) is 0 Å². The second kappa shape index (κ2) is 6.31. The van der Waals surface area contributed by atoms with Gasteiger partial charge in [0, 0.05) is 12.7 Å². The van der Waals surface area contributed by atoms with E-state index in [4.69, 9.17) is 40.5 Å². The smallest absolute Gasteiger partial charge is 0.252 e. The van der Waals surface area contributed by atoms with E-state index in [1.165, 1.54) is 6.20 Å². The maximum Gasteiger partial charge on any atom is 0.252 e. The molecule has 0 radical (unpaired) electrons. The van der Waals surface area contributed by atoms with Crippen molar-refractivity contribution in [3.63, 3.8) is 0 Å². The average Bonchev–Trinajstić information content (AvgIpc) is 2.40. The van der Waals surface area contributed by atoms with Crippen LogP contribution in [0.4, 0.5) is 5.69 Å². The number of hydrogen-bond donors (Lipinski definition) is 2. The van der Waals surface area contributed by atoms with Gasteiger partial charge in [-0.1, -0.05) is 40.9 Å². The number of amides is 1. The zero-order valence-corrected chi connectivity index (χ0v) is 12.4. The maximum atomic E-state index is 11.3. The Hall–Kier alpha value is -1.49. The van der Waals surface area contributed by atoms with E-state index in [1.54, 1.807) is 18.2 Å². The third kappa shape index (κ3) is 3.54. The predicted molar refractivity (Wildman–Crippen MR) is 81.6 cm³/mol. The summed E-state index contributed by atoms with van der Waals surface area (Å²) in [6, 6.07) is 6.81.